The van der Waals surface area contributed by atoms with Gasteiger partial charge in [-0.2, -0.15) is 0 Å². The smallest absolute Gasteiger partial charge is 0.273 e. The number of amides is 2. The Morgan fingerprint density at radius 2 is 2.04 bits per heavy atom. The van der Waals surface area contributed by atoms with Crippen LogP contribution in [0.25, 0.3) is 0 Å². The lowest BCUT2D eigenvalue weighted by atomic mass is 9.95. The molecule has 1 aliphatic heterocycles. The lowest BCUT2D eigenvalue weighted by Gasteiger charge is -2.39. The molecule has 3 fully saturated rings. The molecule has 26 heavy (non-hydrogen) atoms. The molecule has 1 saturated heterocycles. The van der Waals surface area contributed by atoms with E-state index < -0.39 is 0 Å². The number of aromatic nitrogens is 1. The summed E-state index contributed by atoms with van der Waals surface area (Å²) in [4.78, 5) is 27.1. The van der Waals surface area contributed by atoms with Gasteiger partial charge in [-0.25, -0.2) is 0 Å². The fraction of sp³-hybridized carbons (Fsp3) is 0.737. The summed E-state index contributed by atoms with van der Waals surface area (Å²) in [5, 5.41) is 6.96. The number of piperidine rings is 1. The number of nitrogens with two attached hydrogens (primary N) is 1. The molecule has 142 valence electrons. The summed E-state index contributed by atoms with van der Waals surface area (Å²) >= 11 is 0. The van der Waals surface area contributed by atoms with E-state index in [2.05, 4.69) is 17.4 Å². The first-order valence-corrected chi connectivity index (χ1v) is 9.84. The van der Waals surface area contributed by atoms with Gasteiger partial charge in [-0.1, -0.05) is 5.16 Å². The zero-order chi connectivity index (χ0) is 18.3. The fourth-order valence-electron chi connectivity index (χ4n) is 4.32. The van der Waals surface area contributed by atoms with Crippen molar-refractivity contribution in [2.45, 2.75) is 75.9 Å². The van der Waals surface area contributed by atoms with Crippen LogP contribution < -0.4 is 11.1 Å². The Kier molecular flexibility index (Phi) is 4.73. The first-order valence-electron chi connectivity index (χ1n) is 9.84. The summed E-state index contributed by atoms with van der Waals surface area (Å²) in [7, 11) is 0. The second kappa shape index (κ2) is 7.02. The number of hydrogen-bond donors (Lipinski definition) is 2. The van der Waals surface area contributed by atoms with E-state index in [0.717, 1.165) is 50.7 Å². The number of nitrogens with one attached hydrogen (secondary N) is 1. The molecular weight excluding hydrogens is 332 g/mol. The van der Waals surface area contributed by atoms with Crippen molar-refractivity contribution in [2.75, 3.05) is 6.54 Å². The molecule has 2 saturated carbocycles. The molecule has 7 heteroatoms. The molecule has 1 unspecified atom stereocenters. The van der Waals surface area contributed by atoms with Gasteiger partial charge in [0.25, 0.3) is 5.91 Å². The fourth-order valence-corrected chi connectivity index (χ4v) is 4.32. The quantitative estimate of drug-likeness (QED) is 0.852. The topological polar surface area (TPSA) is 101 Å². The lowest BCUT2D eigenvalue weighted by molar-refractivity contribution is -0.139. The monoisotopic (exact) mass is 360 g/mol. The number of rotatable bonds is 4. The first kappa shape index (κ1) is 17.5. The van der Waals surface area contributed by atoms with Crippen LogP contribution in [0.3, 0.4) is 0 Å². The third-order valence-electron chi connectivity index (χ3n) is 6.06. The van der Waals surface area contributed by atoms with Crippen molar-refractivity contribution in [3.05, 3.63) is 17.5 Å². The van der Waals surface area contributed by atoms with Crippen molar-refractivity contribution in [2.24, 2.45) is 11.7 Å². The highest BCUT2D eigenvalue weighted by Gasteiger charge is 2.36. The van der Waals surface area contributed by atoms with E-state index in [9.17, 15) is 9.59 Å². The van der Waals surface area contributed by atoms with E-state index in [1.54, 1.807) is 6.07 Å². The molecule has 7 nitrogen and oxygen atoms in total. The molecule has 2 aliphatic carbocycles. The van der Waals surface area contributed by atoms with Crippen molar-refractivity contribution in [3.63, 3.8) is 0 Å². The summed E-state index contributed by atoms with van der Waals surface area (Å²) < 4.78 is 5.26. The van der Waals surface area contributed by atoms with Gasteiger partial charge in [0.15, 0.2) is 5.69 Å². The SMILES string of the molecule is C[C@@H]1CC(NC(=O)c2cc(C3CC3)on2)CCN1C(=O)[C@@H]1CC[C@H](N)C1. The van der Waals surface area contributed by atoms with Crippen LogP contribution in [0.1, 0.15) is 74.0 Å². The number of hydrogen-bond acceptors (Lipinski definition) is 5. The minimum atomic E-state index is -0.181. The summed E-state index contributed by atoms with van der Waals surface area (Å²) in [6, 6.07) is 2.11. The molecule has 0 bridgehead atoms. The largest absolute Gasteiger partial charge is 0.360 e. The molecule has 0 spiro atoms. The molecule has 3 aliphatic rings. The van der Waals surface area contributed by atoms with Gasteiger partial charge in [0, 0.05) is 42.6 Å². The molecule has 1 aromatic heterocycles. The maximum atomic E-state index is 12.7. The Hall–Kier alpha value is -1.89. The highest BCUT2D eigenvalue weighted by molar-refractivity contribution is 5.92. The van der Waals surface area contributed by atoms with Crippen molar-refractivity contribution in [1.82, 2.24) is 15.4 Å². The van der Waals surface area contributed by atoms with E-state index in [4.69, 9.17) is 10.3 Å². The van der Waals surface area contributed by atoms with Crippen molar-refractivity contribution < 1.29 is 14.1 Å². The van der Waals surface area contributed by atoms with Gasteiger partial charge in [-0.3, -0.25) is 9.59 Å². The molecule has 0 aromatic carbocycles. The number of nitrogens with zero attached hydrogens (tertiary/aromatic N) is 2. The van der Waals surface area contributed by atoms with Crippen LogP contribution in [0.15, 0.2) is 10.6 Å². The maximum Gasteiger partial charge on any atom is 0.273 e. The molecule has 1 aromatic rings. The number of carbonyl (C=O) groups excluding carboxylic acids is 2. The van der Waals surface area contributed by atoms with Gasteiger partial charge in [0.05, 0.1) is 0 Å². The minimum absolute atomic E-state index is 0.0634. The molecule has 2 amide bonds. The first-order chi connectivity index (χ1) is 12.5. The van der Waals surface area contributed by atoms with Crippen LogP contribution >= 0.6 is 0 Å². The van der Waals surface area contributed by atoms with Gasteiger partial charge in [-0.05, 0) is 51.9 Å². The van der Waals surface area contributed by atoms with Crippen LogP contribution in [-0.4, -0.2) is 46.5 Å². The van der Waals surface area contributed by atoms with E-state index >= 15 is 0 Å². The average molecular weight is 360 g/mol. The van der Waals surface area contributed by atoms with Gasteiger partial charge >= 0.3 is 0 Å². The Labute approximate surface area is 153 Å². The van der Waals surface area contributed by atoms with Crippen molar-refractivity contribution in [1.29, 1.82) is 0 Å². The van der Waals surface area contributed by atoms with E-state index in [1.807, 2.05) is 4.90 Å². The third-order valence-corrected chi connectivity index (χ3v) is 6.06. The summed E-state index contributed by atoms with van der Waals surface area (Å²) in [5.74, 6) is 1.40. The molecule has 4 atom stereocenters. The maximum absolute atomic E-state index is 12.7. The Balaban J connectivity index is 1.30. The zero-order valence-corrected chi connectivity index (χ0v) is 15.3. The predicted molar refractivity (Wildman–Crippen MR) is 95.5 cm³/mol. The van der Waals surface area contributed by atoms with E-state index in [1.165, 1.54) is 0 Å². The highest BCUT2D eigenvalue weighted by atomic mass is 16.5. The summed E-state index contributed by atoms with van der Waals surface area (Å²) in [6.07, 6.45) is 6.42. The van der Waals surface area contributed by atoms with E-state index in [0.29, 0.717) is 18.2 Å². The Morgan fingerprint density at radius 3 is 2.69 bits per heavy atom. The van der Waals surface area contributed by atoms with Crippen LogP contribution in [0.5, 0.6) is 0 Å². The second-order valence-electron chi connectivity index (χ2n) is 8.23. The number of likely N-dealkylation sites (tertiary alicyclic amines) is 1. The van der Waals surface area contributed by atoms with Crippen LogP contribution in [-0.2, 0) is 4.79 Å². The van der Waals surface area contributed by atoms with Gasteiger partial charge in [0.2, 0.25) is 5.91 Å². The molecule has 3 N–H and O–H groups in total. The van der Waals surface area contributed by atoms with Crippen LogP contribution in [0, 0.1) is 5.92 Å². The van der Waals surface area contributed by atoms with Gasteiger partial charge in [0.1, 0.15) is 5.76 Å². The predicted octanol–water partition coefficient (Wildman–Crippen LogP) is 1.79. The second-order valence-corrected chi connectivity index (χ2v) is 8.23. The molecule has 4 rings (SSSR count). The molecular formula is C19H28N4O3. The summed E-state index contributed by atoms with van der Waals surface area (Å²) in [6.45, 7) is 2.75. The average Bonchev–Trinajstić information content (AvgIpc) is 3.17. The van der Waals surface area contributed by atoms with Gasteiger partial charge in [-0.15, -0.1) is 0 Å². The van der Waals surface area contributed by atoms with Crippen LogP contribution in [0.2, 0.25) is 0 Å². The zero-order valence-electron chi connectivity index (χ0n) is 15.3. The van der Waals surface area contributed by atoms with Crippen molar-refractivity contribution >= 4 is 11.8 Å². The summed E-state index contributed by atoms with van der Waals surface area (Å²) in [5.41, 5.74) is 6.31. The van der Waals surface area contributed by atoms with Crippen LogP contribution in [0.4, 0.5) is 0 Å². The molecule has 2 heterocycles. The number of carbonyl (C=O) groups is 2. The minimum Gasteiger partial charge on any atom is -0.360 e. The van der Waals surface area contributed by atoms with Crippen molar-refractivity contribution in [3.8, 4) is 0 Å². The Bertz CT molecular complexity index is 684. The van der Waals surface area contributed by atoms with E-state index in [-0.39, 0.29) is 35.9 Å². The normalized spacial score (nSPS) is 31.8. The highest BCUT2D eigenvalue weighted by Crippen LogP contribution is 2.40. The Morgan fingerprint density at radius 1 is 1.23 bits per heavy atom. The van der Waals surface area contributed by atoms with Gasteiger partial charge < -0.3 is 20.5 Å². The standard InChI is InChI=1S/C19H28N4O3/c1-11-8-15(6-7-23(11)19(25)13-4-5-14(20)9-13)21-18(24)16-10-17(26-22-16)12-2-3-12/h10-15H,2-9,20H2,1H3,(H,21,24)/t11-,13-,14+,15?/m1/s1. The molecule has 0 radical (unpaired) electrons. The lowest BCUT2D eigenvalue weighted by Crippen LogP contribution is -2.52. The third kappa shape index (κ3) is 3.63.